The molecule has 2 rings (SSSR count). The summed E-state index contributed by atoms with van der Waals surface area (Å²) >= 11 is 0. The molecule has 0 radical (unpaired) electrons. The Morgan fingerprint density at radius 3 is 2.63 bits per heavy atom. The van der Waals surface area contributed by atoms with Crippen molar-refractivity contribution in [3.8, 4) is 0 Å². The fourth-order valence-corrected chi connectivity index (χ4v) is 2.40. The molecule has 1 atom stereocenters. The Hall–Kier alpha value is -1.84. The van der Waals surface area contributed by atoms with Crippen molar-refractivity contribution in [1.29, 1.82) is 0 Å². The summed E-state index contributed by atoms with van der Waals surface area (Å²) in [5.74, 6) is -0.0770. The van der Waals surface area contributed by atoms with E-state index in [0.29, 0.717) is 6.54 Å². The van der Waals surface area contributed by atoms with Crippen LogP contribution in [0.2, 0.25) is 0 Å². The highest BCUT2D eigenvalue weighted by Gasteiger charge is 2.34. The van der Waals surface area contributed by atoms with Crippen LogP contribution < -0.4 is 5.32 Å². The largest absolute Gasteiger partial charge is 0.345 e. The van der Waals surface area contributed by atoms with Gasteiger partial charge in [0.1, 0.15) is 6.04 Å². The van der Waals surface area contributed by atoms with Crippen LogP contribution in [0.4, 0.5) is 0 Å². The highest BCUT2D eigenvalue weighted by Crippen LogP contribution is 2.24. The van der Waals surface area contributed by atoms with Crippen molar-refractivity contribution in [1.82, 2.24) is 10.2 Å². The van der Waals surface area contributed by atoms with E-state index in [-0.39, 0.29) is 18.4 Å². The first-order valence-corrected chi connectivity index (χ1v) is 6.86. The van der Waals surface area contributed by atoms with Crippen LogP contribution in [0.3, 0.4) is 0 Å². The number of unbranched alkanes of at least 4 members (excludes halogenated alkanes) is 2. The lowest BCUT2D eigenvalue weighted by atomic mass is 10.0. The zero-order chi connectivity index (χ0) is 13.7. The molecule has 4 heteroatoms. The third-order valence-corrected chi connectivity index (χ3v) is 3.41. The first-order valence-electron chi connectivity index (χ1n) is 6.86. The minimum absolute atomic E-state index is 0.00422. The SMILES string of the molecule is CCCCCN1C(=O)CNC(=O)C1c1ccccc1. The smallest absolute Gasteiger partial charge is 0.247 e. The molecule has 0 saturated carbocycles. The average Bonchev–Trinajstić information content (AvgIpc) is 2.44. The van der Waals surface area contributed by atoms with Gasteiger partial charge in [-0.15, -0.1) is 0 Å². The molecular weight excluding hydrogens is 240 g/mol. The number of hydrogen-bond acceptors (Lipinski definition) is 2. The van der Waals surface area contributed by atoms with E-state index in [1.54, 1.807) is 4.90 Å². The van der Waals surface area contributed by atoms with Crippen molar-refractivity contribution in [2.24, 2.45) is 0 Å². The quantitative estimate of drug-likeness (QED) is 0.822. The summed E-state index contributed by atoms with van der Waals surface area (Å²) in [5, 5.41) is 2.67. The Kier molecular flexibility index (Phi) is 4.55. The van der Waals surface area contributed by atoms with Gasteiger partial charge in [0.05, 0.1) is 6.54 Å². The molecule has 2 amide bonds. The first kappa shape index (κ1) is 13.6. The van der Waals surface area contributed by atoms with Gasteiger partial charge in [-0.05, 0) is 12.0 Å². The lowest BCUT2D eigenvalue weighted by molar-refractivity contribution is -0.146. The van der Waals surface area contributed by atoms with E-state index in [1.165, 1.54) is 0 Å². The number of amides is 2. The summed E-state index contributed by atoms with van der Waals surface area (Å²) in [6, 6.07) is 9.02. The molecule has 1 aromatic rings. The zero-order valence-corrected chi connectivity index (χ0v) is 11.3. The molecule has 102 valence electrons. The maximum absolute atomic E-state index is 12.1. The molecule has 1 saturated heterocycles. The van der Waals surface area contributed by atoms with Gasteiger partial charge in [0.25, 0.3) is 0 Å². The van der Waals surface area contributed by atoms with Gasteiger partial charge >= 0.3 is 0 Å². The maximum Gasteiger partial charge on any atom is 0.247 e. The summed E-state index contributed by atoms with van der Waals surface area (Å²) in [5.41, 5.74) is 0.879. The predicted octanol–water partition coefficient (Wildman–Crippen LogP) is 1.88. The monoisotopic (exact) mass is 260 g/mol. The van der Waals surface area contributed by atoms with Crippen LogP contribution in [0.5, 0.6) is 0 Å². The van der Waals surface area contributed by atoms with E-state index in [1.807, 2.05) is 30.3 Å². The molecule has 1 fully saturated rings. The number of carbonyl (C=O) groups is 2. The zero-order valence-electron chi connectivity index (χ0n) is 11.3. The third-order valence-electron chi connectivity index (χ3n) is 3.41. The van der Waals surface area contributed by atoms with E-state index in [4.69, 9.17) is 0 Å². The van der Waals surface area contributed by atoms with Gasteiger partial charge in [-0.25, -0.2) is 0 Å². The van der Waals surface area contributed by atoms with Crippen molar-refractivity contribution < 1.29 is 9.59 Å². The highest BCUT2D eigenvalue weighted by atomic mass is 16.2. The Morgan fingerprint density at radius 2 is 1.95 bits per heavy atom. The Balaban J connectivity index is 2.18. The van der Waals surface area contributed by atoms with Crippen molar-refractivity contribution >= 4 is 11.8 Å². The van der Waals surface area contributed by atoms with E-state index in [9.17, 15) is 9.59 Å². The molecule has 0 aliphatic carbocycles. The number of rotatable bonds is 5. The Bertz CT molecular complexity index is 445. The summed E-state index contributed by atoms with van der Waals surface area (Å²) in [4.78, 5) is 25.8. The van der Waals surface area contributed by atoms with Gasteiger partial charge in [-0.2, -0.15) is 0 Å². The van der Waals surface area contributed by atoms with E-state index < -0.39 is 6.04 Å². The van der Waals surface area contributed by atoms with Crippen LogP contribution in [-0.2, 0) is 9.59 Å². The van der Waals surface area contributed by atoms with E-state index in [0.717, 1.165) is 24.8 Å². The average molecular weight is 260 g/mol. The number of hydrogen-bond donors (Lipinski definition) is 1. The van der Waals surface area contributed by atoms with Crippen LogP contribution in [0.25, 0.3) is 0 Å². The van der Waals surface area contributed by atoms with Gasteiger partial charge in [-0.1, -0.05) is 50.1 Å². The standard InChI is InChI=1S/C15H20N2O2/c1-2-3-7-10-17-13(18)11-16-15(19)14(17)12-8-5-4-6-9-12/h4-6,8-9,14H,2-3,7,10-11H2,1H3,(H,16,19). The fourth-order valence-electron chi connectivity index (χ4n) is 2.40. The molecule has 1 aliphatic rings. The molecule has 1 N–H and O–H groups in total. The van der Waals surface area contributed by atoms with Crippen LogP contribution in [-0.4, -0.2) is 29.8 Å². The number of piperazine rings is 1. The van der Waals surface area contributed by atoms with Gasteiger partial charge < -0.3 is 10.2 Å². The second-order valence-electron chi connectivity index (χ2n) is 4.83. The molecule has 0 aromatic heterocycles. The van der Waals surface area contributed by atoms with E-state index in [2.05, 4.69) is 12.2 Å². The third kappa shape index (κ3) is 3.13. The van der Waals surface area contributed by atoms with Crippen molar-refractivity contribution in [3.63, 3.8) is 0 Å². The maximum atomic E-state index is 12.1. The normalized spacial score (nSPS) is 19.4. The fraction of sp³-hybridized carbons (Fsp3) is 0.467. The molecule has 1 aliphatic heterocycles. The number of nitrogens with zero attached hydrogens (tertiary/aromatic N) is 1. The number of nitrogens with one attached hydrogen (secondary N) is 1. The Labute approximate surface area is 113 Å². The molecule has 0 spiro atoms. The number of benzene rings is 1. The highest BCUT2D eigenvalue weighted by molar-refractivity contribution is 5.95. The summed E-state index contributed by atoms with van der Waals surface area (Å²) in [6.45, 7) is 2.90. The Morgan fingerprint density at radius 1 is 1.21 bits per heavy atom. The molecular formula is C15H20N2O2. The van der Waals surface area contributed by atoms with Crippen molar-refractivity contribution in [3.05, 3.63) is 35.9 Å². The van der Waals surface area contributed by atoms with Gasteiger partial charge in [0.2, 0.25) is 11.8 Å². The van der Waals surface area contributed by atoms with Gasteiger partial charge in [0, 0.05) is 6.54 Å². The topological polar surface area (TPSA) is 49.4 Å². The first-order chi connectivity index (χ1) is 9.24. The molecule has 1 unspecified atom stereocenters. The predicted molar refractivity (Wildman–Crippen MR) is 73.4 cm³/mol. The minimum atomic E-state index is -0.473. The minimum Gasteiger partial charge on any atom is -0.345 e. The van der Waals surface area contributed by atoms with Crippen molar-refractivity contribution in [2.45, 2.75) is 32.2 Å². The molecule has 0 bridgehead atoms. The molecule has 19 heavy (non-hydrogen) atoms. The van der Waals surface area contributed by atoms with Crippen LogP contribution >= 0.6 is 0 Å². The second-order valence-corrected chi connectivity index (χ2v) is 4.83. The van der Waals surface area contributed by atoms with Crippen LogP contribution in [0, 0.1) is 0 Å². The van der Waals surface area contributed by atoms with Crippen LogP contribution in [0.1, 0.15) is 37.8 Å². The summed E-state index contributed by atoms with van der Waals surface area (Å²) in [6.07, 6.45) is 3.12. The van der Waals surface area contributed by atoms with Gasteiger partial charge in [0.15, 0.2) is 0 Å². The summed E-state index contributed by atoms with van der Waals surface area (Å²) in [7, 11) is 0. The van der Waals surface area contributed by atoms with Gasteiger partial charge in [-0.3, -0.25) is 9.59 Å². The molecule has 1 heterocycles. The van der Waals surface area contributed by atoms with Crippen LogP contribution in [0.15, 0.2) is 30.3 Å². The summed E-state index contributed by atoms with van der Waals surface area (Å²) < 4.78 is 0. The lowest BCUT2D eigenvalue weighted by Crippen LogP contribution is -2.53. The lowest BCUT2D eigenvalue weighted by Gasteiger charge is -2.35. The molecule has 4 nitrogen and oxygen atoms in total. The molecule has 1 aromatic carbocycles. The van der Waals surface area contributed by atoms with Crippen molar-refractivity contribution in [2.75, 3.05) is 13.1 Å². The second kappa shape index (κ2) is 6.36. The number of carbonyl (C=O) groups excluding carboxylic acids is 2. The van der Waals surface area contributed by atoms with E-state index >= 15 is 0 Å².